The van der Waals surface area contributed by atoms with Crippen molar-refractivity contribution in [2.24, 2.45) is 0 Å². The molecule has 0 amide bonds. The molecule has 0 saturated carbocycles. The largest absolute Gasteiger partial charge is 0.331 e. The number of ether oxygens (including phenoxy) is 3. The standard InChI is InChI=1S/C15H24O3/c1-14(2,3)13-9-7-12(8-10-13)11-15(16-4,17-5)18-6/h7-10H,11H2,1-6H3. The summed E-state index contributed by atoms with van der Waals surface area (Å²) < 4.78 is 15.9. The average Bonchev–Trinajstić information content (AvgIpc) is 2.36. The summed E-state index contributed by atoms with van der Waals surface area (Å²) in [6.07, 6.45) is 0.556. The fraction of sp³-hybridized carbons (Fsp3) is 0.600. The van der Waals surface area contributed by atoms with Gasteiger partial charge in [-0.15, -0.1) is 0 Å². The lowest BCUT2D eigenvalue weighted by Crippen LogP contribution is -2.38. The van der Waals surface area contributed by atoms with Crippen molar-refractivity contribution in [2.45, 2.75) is 38.6 Å². The van der Waals surface area contributed by atoms with Gasteiger partial charge in [0.25, 0.3) is 5.97 Å². The van der Waals surface area contributed by atoms with Crippen LogP contribution in [0.1, 0.15) is 31.9 Å². The second-order valence-electron chi connectivity index (χ2n) is 5.42. The van der Waals surface area contributed by atoms with E-state index in [9.17, 15) is 0 Å². The van der Waals surface area contributed by atoms with E-state index in [4.69, 9.17) is 14.2 Å². The SMILES string of the molecule is COC(Cc1ccc(C(C)(C)C)cc1)(OC)OC. The van der Waals surface area contributed by atoms with Gasteiger partial charge >= 0.3 is 0 Å². The predicted octanol–water partition coefficient (Wildman–Crippen LogP) is 3.12. The van der Waals surface area contributed by atoms with Crippen LogP contribution in [-0.2, 0) is 26.0 Å². The molecule has 1 aromatic carbocycles. The van der Waals surface area contributed by atoms with Gasteiger partial charge in [-0.2, -0.15) is 0 Å². The fourth-order valence-electron chi connectivity index (χ4n) is 1.84. The Morgan fingerprint density at radius 1 is 0.833 bits per heavy atom. The van der Waals surface area contributed by atoms with Crippen LogP contribution in [0.5, 0.6) is 0 Å². The van der Waals surface area contributed by atoms with Crippen molar-refractivity contribution >= 4 is 0 Å². The molecule has 0 heterocycles. The second kappa shape index (κ2) is 5.83. The van der Waals surface area contributed by atoms with Gasteiger partial charge in [-0.05, 0) is 16.5 Å². The number of hydrogen-bond acceptors (Lipinski definition) is 3. The van der Waals surface area contributed by atoms with E-state index in [1.165, 1.54) is 5.56 Å². The molecule has 3 heteroatoms. The fourth-order valence-corrected chi connectivity index (χ4v) is 1.84. The van der Waals surface area contributed by atoms with Crippen molar-refractivity contribution in [3.63, 3.8) is 0 Å². The summed E-state index contributed by atoms with van der Waals surface area (Å²) in [5, 5.41) is 0. The normalized spacial score (nSPS) is 12.8. The van der Waals surface area contributed by atoms with E-state index in [0.29, 0.717) is 6.42 Å². The Balaban J connectivity index is 2.86. The van der Waals surface area contributed by atoms with E-state index in [1.807, 2.05) is 0 Å². The molecule has 0 aromatic heterocycles. The monoisotopic (exact) mass is 252 g/mol. The van der Waals surface area contributed by atoms with Crippen LogP contribution >= 0.6 is 0 Å². The Bertz CT molecular complexity index is 350. The first kappa shape index (κ1) is 15.2. The van der Waals surface area contributed by atoms with Gasteiger partial charge in [-0.3, -0.25) is 0 Å². The molecule has 18 heavy (non-hydrogen) atoms. The van der Waals surface area contributed by atoms with Crippen molar-refractivity contribution in [3.8, 4) is 0 Å². The van der Waals surface area contributed by atoms with Gasteiger partial charge in [0, 0.05) is 21.3 Å². The van der Waals surface area contributed by atoms with Crippen LogP contribution in [0.2, 0.25) is 0 Å². The smallest absolute Gasteiger partial charge is 0.286 e. The molecule has 0 atom stereocenters. The lowest BCUT2D eigenvalue weighted by Gasteiger charge is -2.29. The third-order valence-electron chi connectivity index (χ3n) is 3.17. The van der Waals surface area contributed by atoms with Crippen LogP contribution in [-0.4, -0.2) is 27.3 Å². The zero-order chi connectivity index (χ0) is 13.8. The third kappa shape index (κ3) is 3.55. The van der Waals surface area contributed by atoms with E-state index in [1.54, 1.807) is 21.3 Å². The highest BCUT2D eigenvalue weighted by Gasteiger charge is 2.29. The molecular formula is C15H24O3. The minimum absolute atomic E-state index is 0.166. The molecule has 102 valence electrons. The van der Waals surface area contributed by atoms with Gasteiger partial charge in [0.05, 0.1) is 6.42 Å². The average molecular weight is 252 g/mol. The first-order valence-corrected chi connectivity index (χ1v) is 6.12. The highest BCUT2D eigenvalue weighted by atomic mass is 16.9. The van der Waals surface area contributed by atoms with E-state index < -0.39 is 5.97 Å². The summed E-state index contributed by atoms with van der Waals surface area (Å²) in [5.41, 5.74) is 2.59. The molecule has 0 N–H and O–H groups in total. The summed E-state index contributed by atoms with van der Waals surface area (Å²) in [4.78, 5) is 0. The van der Waals surface area contributed by atoms with Crippen LogP contribution < -0.4 is 0 Å². The first-order valence-electron chi connectivity index (χ1n) is 6.12. The van der Waals surface area contributed by atoms with Crippen molar-refractivity contribution < 1.29 is 14.2 Å². The maximum Gasteiger partial charge on any atom is 0.286 e. The van der Waals surface area contributed by atoms with Crippen LogP contribution in [0, 0.1) is 0 Å². The quantitative estimate of drug-likeness (QED) is 0.754. The molecule has 0 bridgehead atoms. The van der Waals surface area contributed by atoms with E-state index in [-0.39, 0.29) is 5.41 Å². The van der Waals surface area contributed by atoms with Gasteiger partial charge in [-0.25, -0.2) is 0 Å². The third-order valence-corrected chi connectivity index (χ3v) is 3.17. The van der Waals surface area contributed by atoms with Gasteiger partial charge in [-0.1, -0.05) is 45.0 Å². The highest BCUT2D eigenvalue weighted by Crippen LogP contribution is 2.24. The zero-order valence-electron chi connectivity index (χ0n) is 12.2. The number of hydrogen-bond donors (Lipinski definition) is 0. The molecule has 0 fully saturated rings. The highest BCUT2D eigenvalue weighted by molar-refractivity contribution is 5.27. The zero-order valence-corrected chi connectivity index (χ0v) is 12.2. The summed E-state index contributed by atoms with van der Waals surface area (Å²) in [5.74, 6) is -0.997. The molecule has 0 aliphatic rings. The number of benzene rings is 1. The summed E-state index contributed by atoms with van der Waals surface area (Å²) in [6, 6.07) is 8.46. The molecular weight excluding hydrogens is 228 g/mol. The molecule has 1 rings (SSSR count). The lowest BCUT2D eigenvalue weighted by molar-refractivity contribution is -0.350. The van der Waals surface area contributed by atoms with Crippen molar-refractivity contribution in [1.82, 2.24) is 0 Å². The summed E-state index contributed by atoms with van der Waals surface area (Å²) in [7, 11) is 4.74. The minimum Gasteiger partial charge on any atom is -0.331 e. The molecule has 3 nitrogen and oxygen atoms in total. The Labute approximate surface area is 110 Å². The van der Waals surface area contributed by atoms with Crippen LogP contribution in [0.4, 0.5) is 0 Å². The van der Waals surface area contributed by atoms with Gasteiger partial charge in [0.2, 0.25) is 0 Å². The maximum absolute atomic E-state index is 5.29. The van der Waals surface area contributed by atoms with E-state index >= 15 is 0 Å². The lowest BCUT2D eigenvalue weighted by atomic mass is 9.86. The summed E-state index contributed by atoms with van der Waals surface area (Å²) >= 11 is 0. The van der Waals surface area contributed by atoms with Crippen LogP contribution in [0.3, 0.4) is 0 Å². The Kier molecular flexibility index (Phi) is 4.91. The molecule has 0 aliphatic carbocycles. The molecule has 0 radical (unpaired) electrons. The molecule has 0 unspecified atom stereocenters. The van der Waals surface area contributed by atoms with Gasteiger partial charge < -0.3 is 14.2 Å². The minimum atomic E-state index is -0.997. The second-order valence-corrected chi connectivity index (χ2v) is 5.42. The maximum atomic E-state index is 5.29. The van der Waals surface area contributed by atoms with E-state index in [2.05, 4.69) is 45.0 Å². The number of rotatable bonds is 5. The van der Waals surface area contributed by atoms with Crippen molar-refractivity contribution in [2.75, 3.05) is 21.3 Å². The molecule has 0 saturated heterocycles. The Morgan fingerprint density at radius 2 is 1.28 bits per heavy atom. The van der Waals surface area contributed by atoms with Crippen LogP contribution in [0.25, 0.3) is 0 Å². The predicted molar refractivity (Wildman–Crippen MR) is 72.6 cm³/mol. The first-order chi connectivity index (χ1) is 8.37. The van der Waals surface area contributed by atoms with Crippen LogP contribution in [0.15, 0.2) is 24.3 Å². The van der Waals surface area contributed by atoms with Gasteiger partial charge in [0.15, 0.2) is 0 Å². The van der Waals surface area contributed by atoms with Crippen molar-refractivity contribution in [3.05, 3.63) is 35.4 Å². The van der Waals surface area contributed by atoms with E-state index in [0.717, 1.165) is 5.56 Å². The number of methoxy groups -OCH3 is 3. The van der Waals surface area contributed by atoms with Crippen molar-refractivity contribution in [1.29, 1.82) is 0 Å². The molecule has 0 spiro atoms. The Morgan fingerprint density at radius 3 is 1.61 bits per heavy atom. The molecule has 1 aromatic rings. The topological polar surface area (TPSA) is 27.7 Å². The van der Waals surface area contributed by atoms with Gasteiger partial charge in [0.1, 0.15) is 0 Å². The Hall–Kier alpha value is -0.900. The summed E-state index contributed by atoms with van der Waals surface area (Å²) in [6.45, 7) is 6.60. The molecule has 0 aliphatic heterocycles.